The van der Waals surface area contributed by atoms with E-state index in [4.69, 9.17) is 10.5 Å². The Morgan fingerprint density at radius 1 is 1.19 bits per heavy atom. The minimum absolute atomic E-state index is 0.158. The normalized spacial score (nSPS) is 11.9. The fraction of sp³-hybridized carbons (Fsp3) is 0.400. The predicted molar refractivity (Wildman–Crippen MR) is 83.3 cm³/mol. The van der Waals surface area contributed by atoms with Crippen LogP contribution in [-0.2, 0) is 6.42 Å². The van der Waals surface area contributed by atoms with E-state index in [0.717, 1.165) is 12.8 Å². The van der Waals surface area contributed by atoms with Gasteiger partial charge < -0.3 is 15.8 Å². The fourth-order valence-corrected chi connectivity index (χ4v) is 1.93. The predicted octanol–water partition coefficient (Wildman–Crippen LogP) is 2.29. The summed E-state index contributed by atoms with van der Waals surface area (Å²) in [6, 6.07) is 10.7. The van der Waals surface area contributed by atoms with Crippen LogP contribution in [0.1, 0.15) is 25.8 Å². The highest BCUT2D eigenvalue weighted by Crippen LogP contribution is 2.12. The highest BCUT2D eigenvalue weighted by molar-refractivity contribution is 5.34. The second-order valence-electron chi connectivity index (χ2n) is 4.88. The molecule has 6 heteroatoms. The van der Waals surface area contributed by atoms with Crippen molar-refractivity contribution in [2.24, 2.45) is 0 Å². The summed E-state index contributed by atoms with van der Waals surface area (Å²) in [7, 11) is 0. The molecule has 1 atom stereocenters. The number of ether oxygens (including phenoxy) is 1. The third-order valence-electron chi connectivity index (χ3n) is 2.83. The highest BCUT2D eigenvalue weighted by atomic mass is 16.5. The average Bonchev–Trinajstić information content (AvgIpc) is 2.45. The zero-order chi connectivity index (χ0) is 15.1. The van der Waals surface area contributed by atoms with Gasteiger partial charge in [0.2, 0.25) is 11.9 Å². The second-order valence-corrected chi connectivity index (χ2v) is 4.88. The summed E-state index contributed by atoms with van der Waals surface area (Å²) in [5, 5.41) is 3.23. The van der Waals surface area contributed by atoms with Crippen molar-refractivity contribution < 1.29 is 4.74 Å². The molecule has 0 spiro atoms. The lowest BCUT2D eigenvalue weighted by molar-refractivity contribution is 0.292. The molecule has 0 aliphatic rings. The van der Waals surface area contributed by atoms with E-state index in [1.165, 1.54) is 5.56 Å². The van der Waals surface area contributed by atoms with Crippen molar-refractivity contribution >= 4 is 11.9 Å². The summed E-state index contributed by atoms with van der Waals surface area (Å²) < 4.78 is 5.39. The standard InChI is InChI=1S/C15H21N5O/c1-3-9-21-15-19-13(16)18-14(20-15)17-11(2)10-12-7-5-4-6-8-12/h4-8,11H,3,9-10H2,1-2H3,(H3,16,17,18,19,20). The van der Waals surface area contributed by atoms with Crippen LogP contribution in [0.25, 0.3) is 0 Å². The van der Waals surface area contributed by atoms with E-state index in [-0.39, 0.29) is 18.0 Å². The van der Waals surface area contributed by atoms with Gasteiger partial charge in [-0.1, -0.05) is 37.3 Å². The van der Waals surface area contributed by atoms with Gasteiger partial charge in [0.25, 0.3) is 0 Å². The summed E-state index contributed by atoms with van der Waals surface area (Å²) in [6.07, 6.45) is 1.76. The van der Waals surface area contributed by atoms with Crippen LogP contribution in [0.4, 0.5) is 11.9 Å². The Morgan fingerprint density at radius 2 is 1.95 bits per heavy atom. The molecule has 0 aliphatic carbocycles. The Kier molecular flexibility index (Phi) is 5.31. The monoisotopic (exact) mass is 287 g/mol. The minimum Gasteiger partial charge on any atom is -0.463 e. The van der Waals surface area contributed by atoms with Crippen molar-refractivity contribution in [1.29, 1.82) is 0 Å². The molecule has 1 unspecified atom stereocenters. The molecule has 0 amide bonds. The molecule has 1 aromatic heterocycles. The van der Waals surface area contributed by atoms with Gasteiger partial charge >= 0.3 is 6.01 Å². The number of nitrogens with zero attached hydrogens (tertiary/aromatic N) is 3. The van der Waals surface area contributed by atoms with E-state index in [1.54, 1.807) is 0 Å². The molecule has 6 nitrogen and oxygen atoms in total. The quantitative estimate of drug-likeness (QED) is 0.812. The smallest absolute Gasteiger partial charge is 0.323 e. The molecule has 0 aliphatic heterocycles. The van der Waals surface area contributed by atoms with E-state index in [2.05, 4.69) is 39.3 Å². The van der Waals surface area contributed by atoms with Crippen LogP contribution in [-0.4, -0.2) is 27.6 Å². The largest absolute Gasteiger partial charge is 0.463 e. The van der Waals surface area contributed by atoms with Crippen molar-refractivity contribution in [2.75, 3.05) is 17.7 Å². The van der Waals surface area contributed by atoms with E-state index < -0.39 is 0 Å². The maximum Gasteiger partial charge on any atom is 0.323 e. The third kappa shape index (κ3) is 4.91. The summed E-state index contributed by atoms with van der Waals surface area (Å²) in [5.41, 5.74) is 6.93. The number of hydrogen-bond donors (Lipinski definition) is 2. The van der Waals surface area contributed by atoms with Gasteiger partial charge in [0.1, 0.15) is 0 Å². The Morgan fingerprint density at radius 3 is 2.67 bits per heavy atom. The lowest BCUT2D eigenvalue weighted by Crippen LogP contribution is -2.20. The number of hydrogen-bond acceptors (Lipinski definition) is 6. The summed E-state index contributed by atoms with van der Waals surface area (Å²) >= 11 is 0. The van der Waals surface area contributed by atoms with Gasteiger partial charge in [0, 0.05) is 6.04 Å². The molecule has 21 heavy (non-hydrogen) atoms. The van der Waals surface area contributed by atoms with Gasteiger partial charge in [-0.25, -0.2) is 0 Å². The van der Waals surface area contributed by atoms with E-state index in [9.17, 15) is 0 Å². The van der Waals surface area contributed by atoms with E-state index in [1.807, 2.05) is 25.1 Å². The third-order valence-corrected chi connectivity index (χ3v) is 2.83. The van der Waals surface area contributed by atoms with E-state index >= 15 is 0 Å². The van der Waals surface area contributed by atoms with Crippen LogP contribution in [0.5, 0.6) is 6.01 Å². The topological polar surface area (TPSA) is 86.0 Å². The minimum atomic E-state index is 0.158. The molecule has 0 fully saturated rings. The number of nitrogens with two attached hydrogens (primary N) is 1. The summed E-state index contributed by atoms with van der Waals surface area (Å²) in [5.74, 6) is 0.600. The number of aromatic nitrogens is 3. The molecule has 1 aromatic carbocycles. The van der Waals surface area contributed by atoms with Gasteiger partial charge in [0.05, 0.1) is 6.61 Å². The van der Waals surface area contributed by atoms with Crippen LogP contribution in [0.15, 0.2) is 30.3 Å². The Hall–Kier alpha value is -2.37. The molecule has 1 heterocycles. The van der Waals surface area contributed by atoms with Crippen LogP contribution in [0, 0.1) is 0 Å². The zero-order valence-corrected chi connectivity index (χ0v) is 12.4. The van der Waals surface area contributed by atoms with Gasteiger partial charge in [-0.05, 0) is 25.3 Å². The van der Waals surface area contributed by atoms with Crippen molar-refractivity contribution in [3.8, 4) is 6.01 Å². The Bertz CT molecular complexity index is 561. The molecule has 3 N–H and O–H groups in total. The summed E-state index contributed by atoms with van der Waals surface area (Å²) in [4.78, 5) is 12.3. The number of nitrogen functional groups attached to an aromatic ring is 1. The maximum atomic E-state index is 5.68. The van der Waals surface area contributed by atoms with Crippen LogP contribution in [0.3, 0.4) is 0 Å². The number of benzene rings is 1. The van der Waals surface area contributed by atoms with Gasteiger partial charge in [-0.15, -0.1) is 0 Å². The van der Waals surface area contributed by atoms with Crippen molar-refractivity contribution in [2.45, 2.75) is 32.7 Å². The molecular weight excluding hydrogens is 266 g/mol. The fourth-order valence-electron chi connectivity index (χ4n) is 1.93. The van der Waals surface area contributed by atoms with Gasteiger partial charge in [-0.3, -0.25) is 0 Å². The maximum absolute atomic E-state index is 5.68. The first-order chi connectivity index (χ1) is 10.2. The van der Waals surface area contributed by atoms with Crippen molar-refractivity contribution in [3.05, 3.63) is 35.9 Å². The molecule has 0 bridgehead atoms. The first-order valence-electron chi connectivity index (χ1n) is 7.12. The highest BCUT2D eigenvalue weighted by Gasteiger charge is 2.09. The molecule has 0 radical (unpaired) electrons. The average molecular weight is 287 g/mol. The Labute approximate surface area is 124 Å². The molecule has 2 rings (SSSR count). The molecular formula is C15H21N5O. The molecule has 0 saturated heterocycles. The lowest BCUT2D eigenvalue weighted by Gasteiger charge is -2.14. The number of nitrogens with one attached hydrogen (secondary N) is 1. The van der Waals surface area contributed by atoms with Gasteiger partial charge in [0.15, 0.2) is 0 Å². The van der Waals surface area contributed by atoms with Gasteiger partial charge in [-0.2, -0.15) is 15.0 Å². The van der Waals surface area contributed by atoms with E-state index in [0.29, 0.717) is 12.6 Å². The van der Waals surface area contributed by atoms with Crippen LogP contribution in [0.2, 0.25) is 0 Å². The molecule has 112 valence electrons. The van der Waals surface area contributed by atoms with Crippen molar-refractivity contribution in [1.82, 2.24) is 15.0 Å². The Balaban J connectivity index is 1.99. The SMILES string of the molecule is CCCOc1nc(N)nc(NC(C)Cc2ccccc2)n1. The number of anilines is 2. The van der Waals surface area contributed by atoms with Crippen LogP contribution >= 0.6 is 0 Å². The van der Waals surface area contributed by atoms with Crippen molar-refractivity contribution in [3.63, 3.8) is 0 Å². The summed E-state index contributed by atoms with van der Waals surface area (Å²) in [6.45, 7) is 4.65. The second kappa shape index (κ2) is 7.42. The first-order valence-corrected chi connectivity index (χ1v) is 7.12. The lowest BCUT2D eigenvalue weighted by atomic mass is 10.1. The zero-order valence-electron chi connectivity index (χ0n) is 12.4. The number of rotatable bonds is 7. The first kappa shape index (κ1) is 15.0. The molecule has 0 saturated carbocycles. The van der Waals surface area contributed by atoms with Crippen LogP contribution < -0.4 is 15.8 Å². The molecule has 2 aromatic rings.